The zero-order valence-electron chi connectivity index (χ0n) is 16.7. The highest BCUT2D eigenvalue weighted by molar-refractivity contribution is 6.31. The van der Waals surface area contributed by atoms with E-state index in [1.54, 1.807) is 42.9 Å². The summed E-state index contributed by atoms with van der Waals surface area (Å²) >= 11 is 6.15. The van der Waals surface area contributed by atoms with Gasteiger partial charge in [-0.05, 0) is 32.4 Å². The van der Waals surface area contributed by atoms with Crippen molar-refractivity contribution in [2.24, 2.45) is 12.8 Å². The van der Waals surface area contributed by atoms with E-state index in [-0.39, 0.29) is 6.42 Å². The number of primary amides is 1. The van der Waals surface area contributed by atoms with Crippen LogP contribution in [-0.4, -0.2) is 33.8 Å². The first-order valence-electron chi connectivity index (χ1n) is 8.91. The largest absolute Gasteiger partial charge is 0.452 e. The molecule has 10 heteroatoms. The second-order valence-electron chi connectivity index (χ2n) is 6.58. The summed E-state index contributed by atoms with van der Waals surface area (Å²) in [6.45, 7) is 5.04. The Kier molecular flexibility index (Phi) is 7.22. The monoisotopic (exact) mass is 421 g/mol. The van der Waals surface area contributed by atoms with E-state index in [1.807, 2.05) is 6.92 Å². The van der Waals surface area contributed by atoms with E-state index in [9.17, 15) is 14.4 Å². The second-order valence-corrected chi connectivity index (χ2v) is 6.98. The van der Waals surface area contributed by atoms with Crippen molar-refractivity contribution in [1.82, 2.24) is 15.1 Å². The Hall–Kier alpha value is -3.07. The van der Waals surface area contributed by atoms with Gasteiger partial charge in [0.1, 0.15) is 0 Å². The maximum Gasteiger partial charge on any atom is 0.312 e. The van der Waals surface area contributed by atoms with E-state index in [1.165, 1.54) is 6.92 Å². The van der Waals surface area contributed by atoms with Crippen molar-refractivity contribution in [1.29, 1.82) is 0 Å². The molecule has 0 unspecified atom stereocenters. The van der Waals surface area contributed by atoms with E-state index < -0.39 is 30.1 Å². The van der Waals surface area contributed by atoms with Crippen LogP contribution < -0.4 is 16.4 Å². The second kappa shape index (κ2) is 9.42. The molecular formula is C19H24ClN5O4. The molecule has 0 bridgehead atoms. The van der Waals surface area contributed by atoms with Gasteiger partial charge in [-0.3, -0.25) is 14.3 Å². The van der Waals surface area contributed by atoms with E-state index >= 15 is 0 Å². The van der Waals surface area contributed by atoms with Crippen molar-refractivity contribution in [2.75, 3.05) is 5.32 Å². The van der Waals surface area contributed by atoms with Gasteiger partial charge in [0.25, 0.3) is 5.91 Å². The molecule has 0 aliphatic carbocycles. The van der Waals surface area contributed by atoms with Crippen LogP contribution >= 0.6 is 11.6 Å². The van der Waals surface area contributed by atoms with Crippen LogP contribution in [0.1, 0.15) is 36.3 Å². The molecule has 0 spiro atoms. The van der Waals surface area contributed by atoms with Gasteiger partial charge in [0.2, 0.25) is 0 Å². The van der Waals surface area contributed by atoms with E-state index in [4.69, 9.17) is 22.1 Å². The van der Waals surface area contributed by atoms with Crippen molar-refractivity contribution in [3.63, 3.8) is 0 Å². The minimum absolute atomic E-state index is 0.241. The highest BCUT2D eigenvalue weighted by Crippen LogP contribution is 2.25. The van der Waals surface area contributed by atoms with Gasteiger partial charge >= 0.3 is 12.0 Å². The molecule has 156 valence electrons. The number of hydrogen-bond acceptors (Lipinski definition) is 5. The van der Waals surface area contributed by atoms with Crippen LogP contribution in [0.25, 0.3) is 0 Å². The molecule has 1 aromatic carbocycles. The minimum atomic E-state index is -1.05. The first-order chi connectivity index (χ1) is 13.6. The third-order valence-electron chi connectivity index (χ3n) is 4.40. The number of anilines is 1. The number of carbonyl (C=O) groups excluding carboxylic acids is 3. The molecule has 0 radical (unpaired) electrons. The lowest BCUT2D eigenvalue weighted by Crippen LogP contribution is -2.36. The molecule has 4 N–H and O–H groups in total. The molecule has 0 saturated carbocycles. The molecule has 0 aliphatic heterocycles. The fourth-order valence-electron chi connectivity index (χ4n) is 2.81. The number of nitrogens with zero attached hydrogens (tertiary/aromatic N) is 2. The fourth-order valence-corrected chi connectivity index (χ4v) is 3.08. The van der Waals surface area contributed by atoms with Gasteiger partial charge < -0.3 is 21.1 Å². The molecule has 1 heterocycles. The molecular weight excluding hydrogens is 398 g/mol. The van der Waals surface area contributed by atoms with Crippen molar-refractivity contribution in [3.05, 3.63) is 46.2 Å². The van der Waals surface area contributed by atoms with Crippen LogP contribution in [0.4, 0.5) is 10.5 Å². The molecule has 1 aromatic heterocycles. The zero-order valence-corrected chi connectivity index (χ0v) is 17.4. The van der Waals surface area contributed by atoms with E-state index in [0.717, 1.165) is 5.69 Å². The number of hydrogen-bond donors (Lipinski definition) is 3. The standard InChI is InChI=1S/C19H24ClN5O4/c1-10-17(11(2)25(4)24-10)23-18(27)12(3)29-16(26)9-15(22-19(21)28)13-7-5-6-8-14(13)20/h5-8,12,15H,9H2,1-4H3,(H,23,27)(H3,21,22,28)/t12-,15+/m0/s1. The Morgan fingerprint density at radius 3 is 2.48 bits per heavy atom. The maximum absolute atomic E-state index is 12.4. The molecule has 9 nitrogen and oxygen atoms in total. The maximum atomic E-state index is 12.4. The Morgan fingerprint density at radius 1 is 1.28 bits per heavy atom. The summed E-state index contributed by atoms with van der Waals surface area (Å²) in [5, 5.41) is 9.78. The smallest absolute Gasteiger partial charge is 0.312 e. The van der Waals surface area contributed by atoms with Gasteiger partial charge in [0.05, 0.1) is 29.5 Å². The highest BCUT2D eigenvalue weighted by atomic mass is 35.5. The average molecular weight is 422 g/mol. The lowest BCUT2D eigenvalue weighted by atomic mass is 10.0. The summed E-state index contributed by atoms with van der Waals surface area (Å²) in [6.07, 6.45) is -1.29. The topological polar surface area (TPSA) is 128 Å². The Balaban J connectivity index is 2.04. The number of carbonyl (C=O) groups is 3. The predicted octanol–water partition coefficient (Wildman–Crippen LogP) is 2.36. The number of aromatic nitrogens is 2. The summed E-state index contributed by atoms with van der Waals surface area (Å²) in [5.74, 6) is -1.18. The molecule has 0 saturated heterocycles. The van der Waals surface area contributed by atoms with Gasteiger partial charge in [0, 0.05) is 12.1 Å². The first kappa shape index (κ1) is 22.2. The number of amides is 3. The number of halogens is 1. The highest BCUT2D eigenvalue weighted by Gasteiger charge is 2.25. The van der Waals surface area contributed by atoms with Gasteiger partial charge in [-0.25, -0.2) is 4.79 Å². The van der Waals surface area contributed by atoms with Crippen LogP contribution in [0.15, 0.2) is 24.3 Å². The van der Waals surface area contributed by atoms with Crippen LogP contribution in [0.3, 0.4) is 0 Å². The van der Waals surface area contributed by atoms with Gasteiger partial charge in [-0.1, -0.05) is 29.8 Å². The van der Waals surface area contributed by atoms with Crippen LogP contribution in [0.5, 0.6) is 0 Å². The minimum Gasteiger partial charge on any atom is -0.452 e. The molecule has 2 atom stereocenters. The van der Waals surface area contributed by atoms with Crippen LogP contribution in [0.2, 0.25) is 5.02 Å². The molecule has 2 aromatic rings. The van der Waals surface area contributed by atoms with Crippen molar-refractivity contribution in [2.45, 2.75) is 39.3 Å². The summed E-state index contributed by atoms with van der Waals surface area (Å²) < 4.78 is 6.88. The molecule has 29 heavy (non-hydrogen) atoms. The summed E-state index contributed by atoms with van der Waals surface area (Å²) in [6, 6.07) is 5.15. The summed E-state index contributed by atoms with van der Waals surface area (Å²) in [7, 11) is 1.77. The van der Waals surface area contributed by atoms with Gasteiger partial charge in [-0.15, -0.1) is 0 Å². The number of aryl methyl sites for hydroxylation is 2. The zero-order chi connectivity index (χ0) is 21.7. The Morgan fingerprint density at radius 2 is 1.93 bits per heavy atom. The average Bonchev–Trinajstić information content (AvgIpc) is 2.87. The number of urea groups is 1. The third-order valence-corrected chi connectivity index (χ3v) is 4.75. The summed E-state index contributed by atoms with van der Waals surface area (Å²) in [5.41, 5.74) is 7.73. The van der Waals surface area contributed by atoms with Crippen LogP contribution in [0, 0.1) is 13.8 Å². The quantitative estimate of drug-likeness (QED) is 0.591. The lowest BCUT2D eigenvalue weighted by Gasteiger charge is -2.20. The van der Waals surface area contributed by atoms with Crippen molar-refractivity contribution < 1.29 is 19.1 Å². The van der Waals surface area contributed by atoms with E-state index in [2.05, 4.69) is 15.7 Å². The first-order valence-corrected chi connectivity index (χ1v) is 9.28. The fraction of sp³-hybridized carbons (Fsp3) is 0.368. The van der Waals surface area contributed by atoms with Gasteiger partial charge in [-0.2, -0.15) is 5.10 Å². The summed E-state index contributed by atoms with van der Waals surface area (Å²) in [4.78, 5) is 36.1. The molecule has 0 aliphatic rings. The molecule has 0 fully saturated rings. The number of nitrogens with two attached hydrogens (primary N) is 1. The number of esters is 1. The lowest BCUT2D eigenvalue weighted by molar-refractivity contribution is -0.153. The SMILES string of the molecule is Cc1nn(C)c(C)c1NC(=O)[C@H](C)OC(=O)C[C@@H](NC(N)=O)c1ccccc1Cl. The normalized spacial score (nSPS) is 12.7. The molecule has 3 amide bonds. The number of nitrogens with one attached hydrogen (secondary N) is 2. The van der Waals surface area contributed by atoms with E-state index in [0.29, 0.717) is 22.0 Å². The number of ether oxygens (including phenoxy) is 1. The third kappa shape index (κ3) is 5.71. The molecule has 2 rings (SSSR count). The van der Waals surface area contributed by atoms with Crippen molar-refractivity contribution >= 4 is 35.2 Å². The predicted molar refractivity (Wildman–Crippen MR) is 108 cm³/mol. The van der Waals surface area contributed by atoms with Crippen molar-refractivity contribution in [3.8, 4) is 0 Å². The Bertz CT molecular complexity index is 927. The number of rotatable bonds is 7. The van der Waals surface area contributed by atoms with Gasteiger partial charge in [0.15, 0.2) is 6.10 Å². The van der Waals surface area contributed by atoms with Crippen LogP contribution in [-0.2, 0) is 21.4 Å². The number of benzene rings is 1. The Labute approximate surface area is 173 Å².